The number of aliphatic hydroxyl groups is 1. The summed E-state index contributed by atoms with van der Waals surface area (Å²) < 4.78 is 34.6. The molecule has 8 heteroatoms. The van der Waals surface area contributed by atoms with Crippen molar-refractivity contribution in [1.82, 2.24) is 4.90 Å². The maximum Gasteiger partial charge on any atom is 0.306 e. The van der Waals surface area contributed by atoms with Crippen molar-refractivity contribution >= 4 is 16.1 Å². The van der Waals surface area contributed by atoms with Gasteiger partial charge in [0.05, 0.1) is 30.6 Å². The molecule has 0 spiro atoms. The Bertz CT molecular complexity index is 910. The molecule has 0 aliphatic heterocycles. The van der Waals surface area contributed by atoms with Crippen molar-refractivity contribution in [2.45, 2.75) is 37.3 Å². The number of nitrogens with zero attached hydrogens (tertiary/aromatic N) is 1. The molecule has 0 saturated heterocycles. The maximum atomic E-state index is 12.4. The van der Waals surface area contributed by atoms with E-state index in [0.717, 1.165) is 11.1 Å². The van der Waals surface area contributed by atoms with Crippen LogP contribution in [0.1, 0.15) is 24.5 Å². The standard InChI is InChI=1S/C22H29NO6S/c1-18-9-11-20(12-10-18)30(26,27)29-17-22(2,25)16-23(14-13-21(24)28-3)15-19-7-5-4-6-8-19/h4-12,25H,13-17H2,1-3H3. The van der Waals surface area contributed by atoms with Crippen molar-refractivity contribution in [3.63, 3.8) is 0 Å². The Balaban J connectivity index is 2.04. The van der Waals surface area contributed by atoms with Crippen LogP contribution in [-0.4, -0.2) is 56.8 Å². The molecule has 0 saturated carbocycles. The molecular weight excluding hydrogens is 406 g/mol. The molecule has 2 aromatic rings. The Kier molecular flexibility index (Phi) is 8.54. The van der Waals surface area contributed by atoms with Gasteiger partial charge in [0.15, 0.2) is 0 Å². The van der Waals surface area contributed by atoms with Crippen molar-refractivity contribution in [1.29, 1.82) is 0 Å². The summed E-state index contributed by atoms with van der Waals surface area (Å²) in [5.74, 6) is -0.356. The molecule has 1 N–H and O–H groups in total. The van der Waals surface area contributed by atoms with Crippen LogP contribution in [0.5, 0.6) is 0 Å². The molecule has 0 amide bonds. The molecule has 1 unspecified atom stereocenters. The monoisotopic (exact) mass is 435 g/mol. The molecule has 0 aliphatic rings. The Morgan fingerprint density at radius 2 is 1.73 bits per heavy atom. The Labute approximate surface area is 178 Å². The van der Waals surface area contributed by atoms with Crippen LogP contribution in [0.15, 0.2) is 59.5 Å². The number of esters is 1. The molecule has 0 bridgehead atoms. The van der Waals surface area contributed by atoms with E-state index in [1.165, 1.54) is 26.2 Å². The van der Waals surface area contributed by atoms with Crippen LogP contribution in [-0.2, 0) is 30.4 Å². The van der Waals surface area contributed by atoms with Crippen LogP contribution in [0.3, 0.4) is 0 Å². The van der Waals surface area contributed by atoms with Gasteiger partial charge < -0.3 is 9.84 Å². The lowest BCUT2D eigenvalue weighted by Gasteiger charge is -2.31. The van der Waals surface area contributed by atoms with E-state index in [4.69, 9.17) is 8.92 Å². The maximum absolute atomic E-state index is 12.4. The van der Waals surface area contributed by atoms with Crippen LogP contribution in [0.2, 0.25) is 0 Å². The molecule has 0 fully saturated rings. The molecule has 0 aliphatic carbocycles. The number of ether oxygens (including phenoxy) is 1. The van der Waals surface area contributed by atoms with E-state index in [2.05, 4.69) is 0 Å². The van der Waals surface area contributed by atoms with Gasteiger partial charge in [-0.05, 0) is 31.5 Å². The van der Waals surface area contributed by atoms with Crippen molar-refractivity contribution < 1.29 is 27.2 Å². The summed E-state index contributed by atoms with van der Waals surface area (Å²) in [4.78, 5) is 13.5. The minimum absolute atomic E-state index is 0.0377. The van der Waals surface area contributed by atoms with E-state index in [0.29, 0.717) is 13.1 Å². The van der Waals surface area contributed by atoms with Gasteiger partial charge in [-0.25, -0.2) is 0 Å². The Morgan fingerprint density at radius 3 is 2.33 bits per heavy atom. The summed E-state index contributed by atoms with van der Waals surface area (Å²) in [7, 11) is -2.66. The fraction of sp³-hybridized carbons (Fsp3) is 0.409. The molecule has 0 heterocycles. The second-order valence-corrected chi connectivity index (χ2v) is 9.16. The van der Waals surface area contributed by atoms with Crippen LogP contribution in [0.25, 0.3) is 0 Å². The van der Waals surface area contributed by atoms with Crippen molar-refractivity contribution in [2.24, 2.45) is 0 Å². The smallest absolute Gasteiger partial charge is 0.306 e. The van der Waals surface area contributed by atoms with Crippen LogP contribution in [0.4, 0.5) is 0 Å². The summed E-state index contributed by atoms with van der Waals surface area (Å²) >= 11 is 0. The third-order valence-electron chi connectivity index (χ3n) is 4.51. The summed E-state index contributed by atoms with van der Waals surface area (Å²) in [5.41, 5.74) is 0.484. The topological polar surface area (TPSA) is 93.1 Å². The Hall–Kier alpha value is -2.26. The largest absolute Gasteiger partial charge is 0.469 e. The average molecular weight is 436 g/mol. The van der Waals surface area contributed by atoms with Gasteiger partial charge in [0, 0.05) is 19.6 Å². The summed E-state index contributed by atoms with van der Waals surface area (Å²) in [5, 5.41) is 10.8. The molecular formula is C22H29NO6S. The first kappa shape index (κ1) is 24.0. The number of hydrogen-bond donors (Lipinski definition) is 1. The minimum atomic E-state index is -3.99. The quantitative estimate of drug-likeness (QED) is 0.428. The second kappa shape index (κ2) is 10.7. The number of carbonyl (C=O) groups excluding carboxylic acids is 1. The number of hydrogen-bond acceptors (Lipinski definition) is 7. The van der Waals surface area contributed by atoms with E-state index in [1.807, 2.05) is 42.2 Å². The van der Waals surface area contributed by atoms with Crippen molar-refractivity contribution in [3.05, 3.63) is 65.7 Å². The first-order valence-electron chi connectivity index (χ1n) is 9.63. The first-order chi connectivity index (χ1) is 14.1. The zero-order valence-electron chi connectivity index (χ0n) is 17.6. The Morgan fingerprint density at radius 1 is 1.10 bits per heavy atom. The fourth-order valence-corrected chi connectivity index (χ4v) is 3.93. The lowest BCUT2D eigenvalue weighted by atomic mass is 10.1. The highest BCUT2D eigenvalue weighted by Gasteiger charge is 2.28. The molecule has 7 nitrogen and oxygen atoms in total. The van der Waals surface area contributed by atoms with E-state index >= 15 is 0 Å². The number of methoxy groups -OCH3 is 1. The highest BCUT2D eigenvalue weighted by atomic mass is 32.2. The SMILES string of the molecule is COC(=O)CCN(Cc1ccccc1)CC(C)(O)COS(=O)(=O)c1ccc(C)cc1. The summed E-state index contributed by atoms with van der Waals surface area (Å²) in [6, 6.07) is 15.9. The number of rotatable bonds is 11. The third kappa shape index (κ3) is 7.87. The second-order valence-electron chi connectivity index (χ2n) is 7.55. The molecule has 0 radical (unpaired) electrons. The summed E-state index contributed by atoms with van der Waals surface area (Å²) in [6.45, 7) is 3.90. The number of benzene rings is 2. The lowest BCUT2D eigenvalue weighted by Crippen LogP contribution is -2.45. The third-order valence-corrected chi connectivity index (χ3v) is 5.79. The van der Waals surface area contributed by atoms with E-state index in [-0.39, 0.29) is 23.8 Å². The van der Waals surface area contributed by atoms with Gasteiger partial charge in [0.1, 0.15) is 0 Å². The zero-order valence-corrected chi connectivity index (χ0v) is 18.4. The normalized spacial score (nSPS) is 13.8. The van der Waals surface area contributed by atoms with Gasteiger partial charge in [0.2, 0.25) is 0 Å². The first-order valence-corrected chi connectivity index (χ1v) is 11.0. The predicted molar refractivity (Wildman–Crippen MR) is 113 cm³/mol. The molecule has 2 rings (SSSR count). The van der Waals surface area contributed by atoms with E-state index in [9.17, 15) is 18.3 Å². The van der Waals surface area contributed by atoms with Crippen molar-refractivity contribution in [3.8, 4) is 0 Å². The number of carbonyl (C=O) groups is 1. The average Bonchev–Trinajstić information content (AvgIpc) is 2.71. The van der Waals surface area contributed by atoms with Crippen molar-refractivity contribution in [2.75, 3.05) is 26.8 Å². The van der Waals surface area contributed by atoms with Gasteiger partial charge in [-0.3, -0.25) is 13.9 Å². The van der Waals surface area contributed by atoms with Gasteiger partial charge >= 0.3 is 5.97 Å². The predicted octanol–water partition coefficient (Wildman–Crippen LogP) is 2.52. The van der Waals surface area contributed by atoms with Gasteiger partial charge in [-0.15, -0.1) is 0 Å². The molecule has 2 aromatic carbocycles. The molecule has 164 valence electrons. The van der Waals surface area contributed by atoms with Gasteiger partial charge in [0.25, 0.3) is 10.1 Å². The summed E-state index contributed by atoms with van der Waals surface area (Å²) in [6.07, 6.45) is 0.155. The lowest BCUT2D eigenvalue weighted by molar-refractivity contribution is -0.141. The highest BCUT2D eigenvalue weighted by molar-refractivity contribution is 7.86. The van der Waals surface area contributed by atoms with Crippen LogP contribution >= 0.6 is 0 Å². The minimum Gasteiger partial charge on any atom is -0.469 e. The van der Waals surface area contributed by atoms with Gasteiger partial charge in [-0.1, -0.05) is 48.0 Å². The number of aryl methyl sites for hydroxylation is 1. The van der Waals surface area contributed by atoms with E-state index in [1.54, 1.807) is 12.1 Å². The molecule has 1 atom stereocenters. The molecule has 0 aromatic heterocycles. The zero-order chi connectivity index (χ0) is 22.2. The van der Waals surface area contributed by atoms with Crippen LogP contribution < -0.4 is 0 Å². The highest BCUT2D eigenvalue weighted by Crippen LogP contribution is 2.17. The molecule has 30 heavy (non-hydrogen) atoms. The fourth-order valence-electron chi connectivity index (χ4n) is 2.91. The van der Waals surface area contributed by atoms with E-state index < -0.39 is 22.3 Å². The van der Waals surface area contributed by atoms with Crippen LogP contribution in [0, 0.1) is 6.92 Å². The van der Waals surface area contributed by atoms with Gasteiger partial charge in [-0.2, -0.15) is 8.42 Å².